The summed E-state index contributed by atoms with van der Waals surface area (Å²) < 4.78 is 13.7. The lowest BCUT2D eigenvalue weighted by Crippen LogP contribution is -2.37. The molecule has 124 valence electrons. The maximum absolute atomic E-state index is 13.7. The van der Waals surface area contributed by atoms with Crippen LogP contribution in [-0.2, 0) is 6.54 Å². The Bertz CT molecular complexity index is 670. The van der Waals surface area contributed by atoms with E-state index in [9.17, 15) is 4.39 Å². The molecule has 4 nitrogen and oxygen atoms in total. The number of hydrogen-bond donors (Lipinski definition) is 2. The summed E-state index contributed by atoms with van der Waals surface area (Å²) in [6, 6.07) is 6.64. The van der Waals surface area contributed by atoms with Gasteiger partial charge in [0.1, 0.15) is 10.8 Å². The predicted octanol–water partition coefficient (Wildman–Crippen LogP) is 3.77. The van der Waals surface area contributed by atoms with Crippen LogP contribution in [0.2, 0.25) is 0 Å². The van der Waals surface area contributed by atoms with Crippen molar-refractivity contribution in [1.82, 2.24) is 10.3 Å². The van der Waals surface area contributed by atoms with Crippen molar-refractivity contribution < 1.29 is 4.39 Å². The summed E-state index contributed by atoms with van der Waals surface area (Å²) in [7, 11) is 0. The van der Waals surface area contributed by atoms with E-state index in [2.05, 4.69) is 15.3 Å². The quantitative estimate of drug-likeness (QED) is 0.418. The van der Waals surface area contributed by atoms with E-state index in [1.54, 1.807) is 18.2 Å². The largest absolute Gasteiger partial charge is 0.370 e. The minimum Gasteiger partial charge on any atom is -0.370 e. The molecule has 0 unspecified atom stereocenters. The number of hydrogen-bond acceptors (Lipinski definition) is 3. The molecule has 0 bridgehead atoms. The molecule has 3 rings (SSSR count). The molecule has 0 saturated heterocycles. The van der Waals surface area contributed by atoms with Gasteiger partial charge in [-0.3, -0.25) is 0 Å². The van der Waals surface area contributed by atoms with Crippen LogP contribution in [0.5, 0.6) is 0 Å². The highest BCUT2D eigenvalue weighted by atomic mass is 127. The van der Waals surface area contributed by atoms with Gasteiger partial charge in [0.05, 0.1) is 12.2 Å². The van der Waals surface area contributed by atoms with Crippen LogP contribution in [0.4, 0.5) is 4.39 Å². The summed E-state index contributed by atoms with van der Waals surface area (Å²) in [5.41, 5.74) is 7.01. The van der Waals surface area contributed by atoms with Crippen LogP contribution in [0.15, 0.2) is 34.6 Å². The number of nitrogens with zero attached hydrogens (tertiary/aromatic N) is 2. The molecule has 3 N–H and O–H groups in total. The van der Waals surface area contributed by atoms with Gasteiger partial charge in [0.15, 0.2) is 5.96 Å². The standard InChI is InChI=1S/C16H19FN4S.HI/c17-13-7-2-1-6-12(13)14-10-22-15(21-14)9-20-16(18)19-8-11-4-3-5-11;/h1-2,6-7,10-11H,3-5,8-9H2,(H3,18,19,20);1H. The van der Waals surface area contributed by atoms with Crippen LogP contribution in [-0.4, -0.2) is 17.5 Å². The van der Waals surface area contributed by atoms with Crippen molar-refractivity contribution in [1.29, 1.82) is 0 Å². The molecule has 1 aliphatic rings. The fourth-order valence-corrected chi connectivity index (χ4v) is 3.05. The molecule has 0 spiro atoms. The number of thiazole rings is 1. The first-order valence-electron chi connectivity index (χ1n) is 7.45. The lowest BCUT2D eigenvalue weighted by atomic mass is 9.85. The Hall–Kier alpha value is -1.22. The van der Waals surface area contributed by atoms with Crippen molar-refractivity contribution in [3.8, 4) is 11.3 Å². The van der Waals surface area contributed by atoms with E-state index in [-0.39, 0.29) is 29.8 Å². The zero-order valence-corrected chi connectivity index (χ0v) is 15.8. The van der Waals surface area contributed by atoms with Crippen LogP contribution < -0.4 is 11.1 Å². The Kier molecular flexibility index (Phi) is 6.76. The normalized spacial score (nSPS) is 14.9. The second-order valence-electron chi connectivity index (χ2n) is 5.49. The molecular formula is C16H20FIN4S. The van der Waals surface area contributed by atoms with E-state index < -0.39 is 0 Å². The summed E-state index contributed by atoms with van der Waals surface area (Å²) in [4.78, 5) is 8.72. The predicted molar refractivity (Wildman–Crippen MR) is 104 cm³/mol. The van der Waals surface area contributed by atoms with E-state index in [1.807, 2.05) is 5.38 Å². The van der Waals surface area contributed by atoms with E-state index in [4.69, 9.17) is 5.73 Å². The second-order valence-corrected chi connectivity index (χ2v) is 6.43. The van der Waals surface area contributed by atoms with Gasteiger partial charge < -0.3 is 11.1 Å². The van der Waals surface area contributed by atoms with Crippen LogP contribution >= 0.6 is 35.3 Å². The summed E-state index contributed by atoms with van der Waals surface area (Å²) in [6.07, 6.45) is 3.87. The number of rotatable bonds is 5. The minimum absolute atomic E-state index is 0. The molecular weight excluding hydrogens is 426 g/mol. The Labute approximate surface area is 156 Å². The van der Waals surface area contributed by atoms with Gasteiger partial charge in [0.2, 0.25) is 0 Å². The van der Waals surface area contributed by atoms with E-state index in [0.29, 0.717) is 23.8 Å². The molecule has 1 heterocycles. The molecule has 0 amide bonds. The smallest absolute Gasteiger partial charge is 0.189 e. The molecule has 1 aliphatic carbocycles. The summed E-state index contributed by atoms with van der Waals surface area (Å²) in [5.74, 6) is 0.931. The van der Waals surface area contributed by atoms with Gasteiger partial charge in [-0.15, -0.1) is 35.3 Å². The van der Waals surface area contributed by atoms with Gasteiger partial charge in [-0.25, -0.2) is 14.4 Å². The van der Waals surface area contributed by atoms with Crippen molar-refractivity contribution in [2.24, 2.45) is 16.6 Å². The van der Waals surface area contributed by atoms with Crippen molar-refractivity contribution in [3.63, 3.8) is 0 Å². The zero-order chi connectivity index (χ0) is 15.4. The highest BCUT2D eigenvalue weighted by molar-refractivity contribution is 14.0. The average Bonchev–Trinajstić information content (AvgIpc) is 2.93. The molecule has 7 heteroatoms. The summed E-state index contributed by atoms with van der Waals surface area (Å²) in [6.45, 7) is 1.32. The third-order valence-electron chi connectivity index (χ3n) is 3.88. The molecule has 2 aromatic rings. The topological polar surface area (TPSA) is 63.3 Å². The number of guanidine groups is 1. The minimum atomic E-state index is -0.260. The number of aromatic nitrogens is 1. The number of halogens is 2. The summed E-state index contributed by atoms with van der Waals surface area (Å²) in [5, 5.41) is 5.82. The van der Waals surface area contributed by atoms with Crippen LogP contribution in [0.3, 0.4) is 0 Å². The van der Waals surface area contributed by atoms with E-state index in [1.165, 1.54) is 36.7 Å². The molecule has 1 aromatic heterocycles. The molecule has 1 saturated carbocycles. The van der Waals surface area contributed by atoms with Crippen LogP contribution in [0.25, 0.3) is 11.3 Å². The third-order valence-corrected chi connectivity index (χ3v) is 4.72. The number of aliphatic imine (C=N–C) groups is 1. The number of nitrogens with two attached hydrogens (primary N) is 1. The highest BCUT2D eigenvalue weighted by Gasteiger charge is 2.16. The van der Waals surface area contributed by atoms with E-state index >= 15 is 0 Å². The summed E-state index contributed by atoms with van der Waals surface area (Å²) >= 11 is 1.47. The second kappa shape index (κ2) is 8.58. The van der Waals surface area contributed by atoms with E-state index in [0.717, 1.165) is 17.5 Å². The number of benzene rings is 1. The molecule has 1 aromatic carbocycles. The van der Waals surface area contributed by atoms with Gasteiger partial charge in [-0.05, 0) is 30.9 Å². The maximum Gasteiger partial charge on any atom is 0.189 e. The molecule has 0 atom stereocenters. The average molecular weight is 446 g/mol. The van der Waals surface area contributed by atoms with Gasteiger partial charge in [0, 0.05) is 17.5 Å². The lowest BCUT2D eigenvalue weighted by Gasteiger charge is -2.25. The zero-order valence-electron chi connectivity index (χ0n) is 12.7. The van der Waals surface area contributed by atoms with Crippen molar-refractivity contribution in [2.75, 3.05) is 6.54 Å². The fourth-order valence-electron chi connectivity index (χ4n) is 2.33. The lowest BCUT2D eigenvalue weighted by molar-refractivity contribution is 0.315. The van der Waals surface area contributed by atoms with Crippen molar-refractivity contribution in [3.05, 3.63) is 40.5 Å². The fraction of sp³-hybridized carbons (Fsp3) is 0.375. The van der Waals surface area contributed by atoms with Gasteiger partial charge >= 0.3 is 0 Å². The highest BCUT2D eigenvalue weighted by Crippen LogP contribution is 2.25. The maximum atomic E-state index is 13.7. The van der Waals surface area contributed by atoms with Crippen LogP contribution in [0.1, 0.15) is 24.3 Å². The van der Waals surface area contributed by atoms with Crippen molar-refractivity contribution in [2.45, 2.75) is 25.8 Å². The van der Waals surface area contributed by atoms with Gasteiger partial charge in [-0.2, -0.15) is 0 Å². The van der Waals surface area contributed by atoms with Crippen LogP contribution in [0, 0.1) is 11.7 Å². The Balaban J connectivity index is 0.00000192. The Morgan fingerprint density at radius 1 is 1.39 bits per heavy atom. The monoisotopic (exact) mass is 446 g/mol. The molecule has 0 radical (unpaired) electrons. The Morgan fingerprint density at radius 2 is 2.17 bits per heavy atom. The first-order valence-corrected chi connectivity index (χ1v) is 8.33. The first-order chi connectivity index (χ1) is 10.7. The number of nitrogens with one attached hydrogen (secondary N) is 1. The first kappa shape index (κ1) is 18.1. The van der Waals surface area contributed by atoms with Gasteiger partial charge in [-0.1, -0.05) is 18.6 Å². The molecule has 1 fully saturated rings. The molecule has 0 aliphatic heterocycles. The van der Waals surface area contributed by atoms with Gasteiger partial charge in [0.25, 0.3) is 0 Å². The third kappa shape index (κ3) is 4.87. The van der Waals surface area contributed by atoms with Crippen molar-refractivity contribution >= 4 is 41.3 Å². The SMILES string of the molecule is I.NC(=NCc1nc(-c2ccccc2F)cs1)NCC1CCC1. The Morgan fingerprint density at radius 3 is 2.87 bits per heavy atom. The molecule has 23 heavy (non-hydrogen) atoms.